The van der Waals surface area contributed by atoms with Crippen LogP contribution in [0.5, 0.6) is 0 Å². The Labute approximate surface area is 106 Å². The number of amides is 1. The van der Waals surface area contributed by atoms with Crippen LogP contribution in [0.3, 0.4) is 0 Å². The highest BCUT2D eigenvalue weighted by molar-refractivity contribution is 6.04. The lowest BCUT2D eigenvalue weighted by Crippen LogP contribution is -2.30. The molecule has 1 unspecified atom stereocenters. The fourth-order valence-corrected chi connectivity index (χ4v) is 1.77. The number of hydrogen-bond donors (Lipinski definition) is 3. The van der Waals surface area contributed by atoms with Gasteiger partial charge in [-0.15, -0.1) is 0 Å². The van der Waals surface area contributed by atoms with E-state index in [1.165, 1.54) is 0 Å². The van der Waals surface area contributed by atoms with E-state index in [0.29, 0.717) is 18.3 Å². The number of carbonyl (C=O) groups excluding carboxylic acids is 1. The molecule has 2 aromatic rings. The van der Waals surface area contributed by atoms with Crippen molar-refractivity contribution in [3.05, 3.63) is 30.0 Å². The molecular formula is C13H18N4O. The first-order chi connectivity index (χ1) is 8.72. The number of H-pyrrole nitrogens is 1. The number of carbonyl (C=O) groups is 1. The van der Waals surface area contributed by atoms with Crippen LogP contribution in [0, 0.1) is 0 Å². The molecule has 5 nitrogen and oxygen atoms in total. The molecule has 0 aliphatic carbocycles. The van der Waals surface area contributed by atoms with E-state index < -0.39 is 0 Å². The molecule has 5 heteroatoms. The third kappa shape index (κ3) is 2.68. The van der Waals surface area contributed by atoms with E-state index in [9.17, 15) is 4.79 Å². The van der Waals surface area contributed by atoms with Crippen LogP contribution in [0.25, 0.3) is 10.9 Å². The number of benzene rings is 1. The maximum absolute atomic E-state index is 12.0. The van der Waals surface area contributed by atoms with Gasteiger partial charge in [0.25, 0.3) is 5.91 Å². The van der Waals surface area contributed by atoms with Crippen LogP contribution < -0.4 is 10.6 Å². The van der Waals surface area contributed by atoms with Crippen molar-refractivity contribution in [2.24, 2.45) is 0 Å². The monoisotopic (exact) mass is 246 g/mol. The van der Waals surface area contributed by atoms with E-state index in [-0.39, 0.29) is 5.91 Å². The summed E-state index contributed by atoms with van der Waals surface area (Å²) in [6, 6.07) is 8.00. The van der Waals surface area contributed by atoms with E-state index >= 15 is 0 Å². The van der Waals surface area contributed by atoms with Crippen LogP contribution in [0.2, 0.25) is 0 Å². The third-order valence-electron chi connectivity index (χ3n) is 3.04. The van der Waals surface area contributed by atoms with Crippen molar-refractivity contribution in [3.63, 3.8) is 0 Å². The Balaban J connectivity index is 2.01. The van der Waals surface area contributed by atoms with Crippen LogP contribution in [0.4, 0.5) is 0 Å². The highest BCUT2D eigenvalue weighted by Crippen LogP contribution is 2.14. The molecule has 0 saturated carbocycles. The van der Waals surface area contributed by atoms with E-state index in [4.69, 9.17) is 0 Å². The van der Waals surface area contributed by atoms with Gasteiger partial charge < -0.3 is 10.6 Å². The topological polar surface area (TPSA) is 69.8 Å². The molecule has 0 radical (unpaired) electrons. The predicted octanol–water partition coefficient (Wildman–Crippen LogP) is 1.29. The highest BCUT2D eigenvalue weighted by atomic mass is 16.1. The number of para-hydroxylation sites is 1. The summed E-state index contributed by atoms with van der Waals surface area (Å²) in [6.07, 6.45) is 0.893. The number of hydrogen-bond acceptors (Lipinski definition) is 3. The summed E-state index contributed by atoms with van der Waals surface area (Å²) >= 11 is 0. The molecule has 96 valence electrons. The van der Waals surface area contributed by atoms with Crippen molar-refractivity contribution in [1.82, 2.24) is 20.8 Å². The van der Waals surface area contributed by atoms with Gasteiger partial charge in [-0.2, -0.15) is 5.10 Å². The highest BCUT2D eigenvalue weighted by Gasteiger charge is 2.13. The van der Waals surface area contributed by atoms with Crippen molar-refractivity contribution >= 4 is 16.8 Å². The lowest BCUT2D eigenvalue weighted by molar-refractivity contribution is 0.0949. The largest absolute Gasteiger partial charge is 0.351 e. The lowest BCUT2D eigenvalue weighted by Gasteiger charge is -2.09. The minimum Gasteiger partial charge on any atom is -0.351 e. The SMILES string of the molecule is CNC(C)CCNC(=O)c1n[nH]c2ccccc12. The number of nitrogens with zero attached hydrogens (tertiary/aromatic N) is 1. The van der Waals surface area contributed by atoms with Crippen molar-refractivity contribution in [2.75, 3.05) is 13.6 Å². The molecule has 1 aromatic heterocycles. The summed E-state index contributed by atoms with van der Waals surface area (Å²) in [5.74, 6) is -0.129. The summed E-state index contributed by atoms with van der Waals surface area (Å²) in [7, 11) is 1.91. The maximum atomic E-state index is 12.0. The Morgan fingerprint density at radius 1 is 1.44 bits per heavy atom. The molecule has 0 bridgehead atoms. The maximum Gasteiger partial charge on any atom is 0.272 e. The van der Waals surface area contributed by atoms with Gasteiger partial charge in [-0.25, -0.2) is 0 Å². The molecule has 0 aliphatic rings. The first-order valence-corrected chi connectivity index (χ1v) is 6.11. The lowest BCUT2D eigenvalue weighted by atomic mass is 10.2. The third-order valence-corrected chi connectivity index (χ3v) is 3.04. The first-order valence-electron chi connectivity index (χ1n) is 6.11. The molecule has 0 spiro atoms. The summed E-state index contributed by atoms with van der Waals surface area (Å²) < 4.78 is 0. The number of rotatable bonds is 5. The second kappa shape index (κ2) is 5.64. The van der Waals surface area contributed by atoms with Crippen molar-refractivity contribution in [2.45, 2.75) is 19.4 Å². The molecule has 0 aliphatic heterocycles. The van der Waals surface area contributed by atoms with Gasteiger partial charge in [-0.3, -0.25) is 9.89 Å². The summed E-state index contributed by atoms with van der Waals surface area (Å²) in [5, 5.41) is 13.8. The smallest absolute Gasteiger partial charge is 0.272 e. The zero-order valence-electron chi connectivity index (χ0n) is 10.7. The minimum absolute atomic E-state index is 0.129. The Morgan fingerprint density at radius 3 is 3.00 bits per heavy atom. The first kappa shape index (κ1) is 12.6. The quantitative estimate of drug-likeness (QED) is 0.744. The van der Waals surface area contributed by atoms with Gasteiger partial charge in [0.05, 0.1) is 5.52 Å². The average Bonchev–Trinajstić information content (AvgIpc) is 2.82. The number of aromatic amines is 1. The van der Waals surface area contributed by atoms with Gasteiger partial charge in [0.2, 0.25) is 0 Å². The van der Waals surface area contributed by atoms with Gasteiger partial charge in [-0.1, -0.05) is 18.2 Å². The Kier molecular flexibility index (Phi) is 3.94. The molecule has 0 fully saturated rings. The predicted molar refractivity (Wildman–Crippen MR) is 71.6 cm³/mol. The average molecular weight is 246 g/mol. The van der Waals surface area contributed by atoms with Crippen LogP contribution in [-0.2, 0) is 0 Å². The Hall–Kier alpha value is -1.88. The number of fused-ring (bicyclic) bond motifs is 1. The van der Waals surface area contributed by atoms with Crippen molar-refractivity contribution in [3.8, 4) is 0 Å². The molecule has 1 amide bonds. The normalized spacial score (nSPS) is 12.6. The van der Waals surface area contributed by atoms with Crippen LogP contribution >= 0.6 is 0 Å². The zero-order chi connectivity index (χ0) is 13.0. The fourth-order valence-electron chi connectivity index (χ4n) is 1.77. The van der Waals surface area contributed by atoms with E-state index in [1.807, 2.05) is 31.3 Å². The molecule has 2 rings (SSSR count). The number of aromatic nitrogens is 2. The molecule has 3 N–H and O–H groups in total. The van der Waals surface area contributed by atoms with E-state index in [2.05, 4.69) is 27.8 Å². The molecule has 1 aromatic carbocycles. The van der Waals surface area contributed by atoms with Gasteiger partial charge in [-0.05, 0) is 26.5 Å². The zero-order valence-corrected chi connectivity index (χ0v) is 10.7. The Bertz CT molecular complexity index is 535. The Morgan fingerprint density at radius 2 is 2.22 bits per heavy atom. The van der Waals surface area contributed by atoms with E-state index in [1.54, 1.807) is 0 Å². The van der Waals surface area contributed by atoms with Crippen molar-refractivity contribution < 1.29 is 4.79 Å². The van der Waals surface area contributed by atoms with Gasteiger partial charge in [0.15, 0.2) is 5.69 Å². The molecule has 1 atom stereocenters. The second-order valence-electron chi connectivity index (χ2n) is 4.35. The van der Waals surface area contributed by atoms with Crippen LogP contribution in [0.1, 0.15) is 23.8 Å². The molecular weight excluding hydrogens is 228 g/mol. The van der Waals surface area contributed by atoms with Gasteiger partial charge in [0, 0.05) is 18.0 Å². The summed E-state index contributed by atoms with van der Waals surface area (Å²) in [6.45, 7) is 2.72. The molecule has 18 heavy (non-hydrogen) atoms. The number of nitrogens with one attached hydrogen (secondary N) is 3. The van der Waals surface area contributed by atoms with E-state index in [0.717, 1.165) is 17.3 Å². The summed E-state index contributed by atoms with van der Waals surface area (Å²) in [4.78, 5) is 12.0. The molecule has 1 heterocycles. The van der Waals surface area contributed by atoms with Crippen LogP contribution in [0.15, 0.2) is 24.3 Å². The van der Waals surface area contributed by atoms with Crippen LogP contribution in [-0.4, -0.2) is 35.7 Å². The second-order valence-corrected chi connectivity index (χ2v) is 4.35. The minimum atomic E-state index is -0.129. The fraction of sp³-hybridized carbons (Fsp3) is 0.385. The van der Waals surface area contributed by atoms with Crippen molar-refractivity contribution in [1.29, 1.82) is 0 Å². The summed E-state index contributed by atoms with van der Waals surface area (Å²) in [5.41, 5.74) is 1.34. The standard InChI is InChI=1S/C13H18N4O/c1-9(14-2)7-8-15-13(18)12-10-5-3-4-6-11(10)16-17-12/h3-6,9,14H,7-8H2,1-2H3,(H,15,18)(H,16,17). The van der Waals surface area contributed by atoms with Gasteiger partial charge >= 0.3 is 0 Å². The molecule has 0 saturated heterocycles. The van der Waals surface area contributed by atoms with Gasteiger partial charge in [0.1, 0.15) is 0 Å².